The summed E-state index contributed by atoms with van der Waals surface area (Å²) in [5, 5.41) is 12.8. The summed E-state index contributed by atoms with van der Waals surface area (Å²) in [4.78, 5) is 24.5. The van der Waals surface area contributed by atoms with Gasteiger partial charge < -0.3 is 10.4 Å². The van der Waals surface area contributed by atoms with Crippen LogP contribution in [-0.2, 0) is 12.0 Å². The molecule has 4 nitrogen and oxygen atoms in total. The van der Waals surface area contributed by atoms with E-state index in [0.29, 0.717) is 12.1 Å². The molecule has 0 aliphatic carbocycles. The van der Waals surface area contributed by atoms with E-state index in [0.717, 1.165) is 27.9 Å². The van der Waals surface area contributed by atoms with Crippen molar-refractivity contribution in [3.63, 3.8) is 0 Å². The van der Waals surface area contributed by atoms with Crippen molar-refractivity contribution >= 4 is 23.5 Å². The zero-order valence-electron chi connectivity index (χ0n) is 22.3. The Morgan fingerprint density at radius 1 is 0.842 bits per heavy atom. The number of aromatic carboxylic acids is 1. The predicted octanol–water partition coefficient (Wildman–Crippen LogP) is 8.17. The zero-order chi connectivity index (χ0) is 27.3. The lowest BCUT2D eigenvalue weighted by Crippen LogP contribution is -2.17. The van der Waals surface area contributed by atoms with Gasteiger partial charge in [0.15, 0.2) is 5.78 Å². The van der Waals surface area contributed by atoms with Crippen molar-refractivity contribution in [1.82, 2.24) is 0 Å². The largest absolute Gasteiger partial charge is 0.478 e. The van der Waals surface area contributed by atoms with Gasteiger partial charge in [0.1, 0.15) is 0 Å². The number of nitrogens with one attached hydrogen (secondary N) is 1. The minimum Gasteiger partial charge on any atom is -0.478 e. The highest BCUT2D eigenvalue weighted by Gasteiger charge is 2.23. The lowest BCUT2D eigenvalue weighted by Gasteiger charge is -2.27. The molecule has 0 saturated heterocycles. The molecule has 4 heteroatoms. The van der Waals surface area contributed by atoms with Gasteiger partial charge in [-0.25, -0.2) is 4.79 Å². The molecule has 2 N–H and O–H groups in total. The van der Waals surface area contributed by atoms with Crippen molar-refractivity contribution in [3.05, 3.63) is 130 Å². The minimum atomic E-state index is -0.976. The number of carbonyl (C=O) groups is 2. The molecule has 0 aliphatic heterocycles. The smallest absolute Gasteiger partial charge is 0.335 e. The summed E-state index contributed by atoms with van der Waals surface area (Å²) >= 11 is 0. The summed E-state index contributed by atoms with van der Waals surface area (Å²) in [5.41, 5.74) is 7.83. The molecule has 192 valence electrons. The van der Waals surface area contributed by atoms with Gasteiger partial charge in [-0.3, -0.25) is 4.79 Å². The number of aryl methyl sites for hydroxylation is 1. The maximum atomic E-state index is 13.4. The molecule has 0 amide bonds. The Morgan fingerprint density at radius 2 is 1.50 bits per heavy atom. The fourth-order valence-corrected chi connectivity index (χ4v) is 4.32. The third-order valence-electron chi connectivity index (χ3n) is 6.49. The number of benzene rings is 4. The second-order valence-corrected chi connectivity index (χ2v) is 10.5. The molecular formula is C34H33NO3. The molecule has 0 spiro atoms. The van der Waals surface area contributed by atoms with Gasteiger partial charge in [-0.15, -0.1) is 0 Å². The lowest BCUT2D eigenvalue weighted by molar-refractivity contribution is 0.0696. The first-order valence-corrected chi connectivity index (χ1v) is 12.7. The molecule has 0 unspecified atom stereocenters. The quantitative estimate of drug-likeness (QED) is 0.188. The molecule has 0 heterocycles. The molecule has 0 aromatic heterocycles. The summed E-state index contributed by atoms with van der Waals surface area (Å²) in [6, 6.07) is 29.1. The Morgan fingerprint density at radius 3 is 2.11 bits per heavy atom. The highest BCUT2D eigenvalue weighted by molar-refractivity contribution is 6.08. The van der Waals surface area contributed by atoms with E-state index >= 15 is 0 Å². The Balaban J connectivity index is 1.76. The van der Waals surface area contributed by atoms with Gasteiger partial charge in [-0.05, 0) is 64.9 Å². The molecule has 4 aromatic rings. The zero-order valence-corrected chi connectivity index (χ0v) is 22.3. The second kappa shape index (κ2) is 11.3. The van der Waals surface area contributed by atoms with Gasteiger partial charge in [0, 0.05) is 23.4 Å². The van der Waals surface area contributed by atoms with Crippen LogP contribution in [0.4, 0.5) is 5.69 Å². The van der Waals surface area contributed by atoms with Gasteiger partial charge in [0.05, 0.1) is 5.56 Å². The van der Waals surface area contributed by atoms with Gasteiger partial charge in [-0.1, -0.05) is 99.1 Å². The van der Waals surface area contributed by atoms with Crippen molar-refractivity contribution in [2.75, 3.05) is 5.32 Å². The third-order valence-corrected chi connectivity index (χ3v) is 6.49. The Hall–Kier alpha value is -4.44. The van der Waals surface area contributed by atoms with E-state index in [1.807, 2.05) is 30.3 Å². The van der Waals surface area contributed by atoms with Gasteiger partial charge >= 0.3 is 5.97 Å². The maximum absolute atomic E-state index is 13.4. The fraction of sp³-hybridized carbons (Fsp3) is 0.176. The number of hydrogen-bond acceptors (Lipinski definition) is 3. The molecule has 4 rings (SSSR count). The monoisotopic (exact) mass is 503 g/mol. The van der Waals surface area contributed by atoms with Crippen LogP contribution in [0.3, 0.4) is 0 Å². The number of ketones is 1. The normalized spacial score (nSPS) is 11.5. The first kappa shape index (κ1) is 26.6. The Kier molecular flexibility index (Phi) is 7.92. The minimum absolute atomic E-state index is 0.110. The summed E-state index contributed by atoms with van der Waals surface area (Å²) in [6.45, 7) is 9.20. The van der Waals surface area contributed by atoms with E-state index in [9.17, 15) is 9.59 Å². The summed E-state index contributed by atoms with van der Waals surface area (Å²) in [5.74, 6) is -1.09. The summed E-state index contributed by atoms with van der Waals surface area (Å²) in [7, 11) is 0. The van der Waals surface area contributed by atoms with E-state index in [1.54, 1.807) is 24.3 Å². The number of rotatable bonds is 8. The molecule has 0 bridgehead atoms. The molecule has 0 aliphatic rings. The first-order chi connectivity index (χ1) is 18.1. The number of anilines is 1. The van der Waals surface area contributed by atoms with E-state index in [-0.39, 0.29) is 16.8 Å². The molecule has 38 heavy (non-hydrogen) atoms. The van der Waals surface area contributed by atoms with Crippen molar-refractivity contribution in [3.8, 4) is 11.1 Å². The second-order valence-electron chi connectivity index (χ2n) is 10.5. The van der Waals surface area contributed by atoms with E-state index in [1.165, 1.54) is 23.3 Å². The highest BCUT2D eigenvalue weighted by Crippen LogP contribution is 2.39. The molecule has 0 radical (unpaired) electrons. The van der Waals surface area contributed by atoms with E-state index < -0.39 is 5.97 Å². The van der Waals surface area contributed by atoms with Gasteiger partial charge in [-0.2, -0.15) is 0 Å². The van der Waals surface area contributed by atoms with Crippen LogP contribution in [-0.4, -0.2) is 16.9 Å². The standard InChI is InChI=1S/C34H33NO3/c1-23-10-15-26(16-11-23)29-20-28(31(36)19-14-24-12-17-27(18-13-24)33(37)38)21-30(34(2,3)4)32(29)35-22-25-8-6-5-7-9-25/h5-21,35H,22H2,1-4H3,(H,37,38). The van der Waals surface area contributed by atoms with E-state index in [2.05, 4.69) is 69.4 Å². The van der Waals surface area contributed by atoms with Crippen LogP contribution in [0.15, 0.2) is 97.1 Å². The number of carboxylic acid groups (broad SMARTS) is 1. The van der Waals surface area contributed by atoms with Crippen molar-refractivity contribution in [2.45, 2.75) is 39.7 Å². The van der Waals surface area contributed by atoms with Crippen LogP contribution in [0, 0.1) is 6.92 Å². The van der Waals surface area contributed by atoms with Crippen LogP contribution >= 0.6 is 0 Å². The fourth-order valence-electron chi connectivity index (χ4n) is 4.32. The molecular weight excluding hydrogens is 470 g/mol. The number of carbonyl (C=O) groups excluding carboxylic acids is 1. The number of hydrogen-bond donors (Lipinski definition) is 2. The number of carboxylic acids is 1. The predicted molar refractivity (Wildman–Crippen MR) is 156 cm³/mol. The van der Waals surface area contributed by atoms with Crippen molar-refractivity contribution in [2.24, 2.45) is 0 Å². The van der Waals surface area contributed by atoms with Crippen LogP contribution < -0.4 is 5.32 Å². The highest BCUT2D eigenvalue weighted by atomic mass is 16.4. The average Bonchev–Trinajstić information content (AvgIpc) is 2.91. The lowest BCUT2D eigenvalue weighted by atomic mass is 9.81. The SMILES string of the molecule is Cc1ccc(-c2cc(C(=O)C=Cc3ccc(C(=O)O)cc3)cc(C(C)(C)C)c2NCc2ccccc2)cc1. The van der Waals surface area contributed by atoms with Crippen LogP contribution in [0.1, 0.15) is 63.7 Å². The molecule has 0 fully saturated rings. The third kappa shape index (κ3) is 6.46. The molecule has 0 saturated carbocycles. The van der Waals surface area contributed by atoms with Crippen molar-refractivity contribution < 1.29 is 14.7 Å². The van der Waals surface area contributed by atoms with Gasteiger partial charge in [0.25, 0.3) is 0 Å². The average molecular weight is 504 g/mol. The molecule has 4 aromatic carbocycles. The van der Waals surface area contributed by atoms with Crippen LogP contribution in [0.5, 0.6) is 0 Å². The topological polar surface area (TPSA) is 66.4 Å². The van der Waals surface area contributed by atoms with Crippen LogP contribution in [0.2, 0.25) is 0 Å². The van der Waals surface area contributed by atoms with Crippen molar-refractivity contribution in [1.29, 1.82) is 0 Å². The van der Waals surface area contributed by atoms with Crippen LogP contribution in [0.25, 0.3) is 17.2 Å². The Bertz CT molecular complexity index is 1460. The van der Waals surface area contributed by atoms with Gasteiger partial charge in [0.2, 0.25) is 0 Å². The summed E-state index contributed by atoms with van der Waals surface area (Å²) < 4.78 is 0. The number of allylic oxidation sites excluding steroid dienone is 1. The Labute approximate surface area is 224 Å². The molecule has 0 atom stereocenters. The summed E-state index contributed by atoms with van der Waals surface area (Å²) in [6.07, 6.45) is 3.27. The van der Waals surface area contributed by atoms with E-state index in [4.69, 9.17) is 5.11 Å². The maximum Gasteiger partial charge on any atom is 0.335 e. The first-order valence-electron chi connectivity index (χ1n) is 12.7.